The minimum absolute atomic E-state index is 0. The van der Waals surface area contributed by atoms with Crippen molar-refractivity contribution < 1.29 is 0 Å². The number of thioether (sulfide) groups is 1. The Labute approximate surface area is 175 Å². The van der Waals surface area contributed by atoms with Crippen molar-refractivity contribution in [3.05, 3.63) is 35.4 Å². The highest BCUT2D eigenvalue weighted by Crippen LogP contribution is 2.19. The lowest BCUT2D eigenvalue weighted by atomic mass is 10.1. The molecule has 0 amide bonds. The SMILES string of the molecule is CCN(CC)Cc1ccccc1CNC(=NC)NCC(C)(C)SC.I. The van der Waals surface area contributed by atoms with Gasteiger partial charge in [0.2, 0.25) is 0 Å². The standard InChI is InChI=1S/C19H34N4S.HI/c1-7-23(8-2)14-17-12-10-9-11-16(17)13-21-18(20-5)22-15-19(3,4)24-6;/h9-12H,7-8,13-15H2,1-6H3,(H2,20,21,22);1H. The van der Waals surface area contributed by atoms with Crippen molar-refractivity contribution in [1.29, 1.82) is 0 Å². The number of halogens is 1. The van der Waals surface area contributed by atoms with E-state index in [1.54, 1.807) is 0 Å². The van der Waals surface area contributed by atoms with Crippen LogP contribution in [0.3, 0.4) is 0 Å². The maximum Gasteiger partial charge on any atom is 0.191 e. The number of nitrogens with one attached hydrogen (secondary N) is 2. The molecule has 1 rings (SSSR count). The first-order valence-corrected chi connectivity index (χ1v) is 9.97. The van der Waals surface area contributed by atoms with Gasteiger partial charge in [-0.15, -0.1) is 24.0 Å². The molecule has 0 radical (unpaired) electrons. The van der Waals surface area contributed by atoms with Crippen LogP contribution in [0.5, 0.6) is 0 Å². The zero-order valence-electron chi connectivity index (χ0n) is 16.6. The van der Waals surface area contributed by atoms with Gasteiger partial charge in [-0.1, -0.05) is 38.1 Å². The fraction of sp³-hybridized carbons (Fsp3) is 0.632. The van der Waals surface area contributed by atoms with Gasteiger partial charge in [-0.3, -0.25) is 9.89 Å². The second kappa shape index (κ2) is 12.8. The minimum Gasteiger partial charge on any atom is -0.355 e. The summed E-state index contributed by atoms with van der Waals surface area (Å²) in [6.45, 7) is 13.7. The highest BCUT2D eigenvalue weighted by molar-refractivity contribution is 14.0. The molecule has 0 atom stereocenters. The van der Waals surface area contributed by atoms with E-state index in [2.05, 4.69) is 78.7 Å². The smallest absolute Gasteiger partial charge is 0.191 e. The number of benzene rings is 1. The van der Waals surface area contributed by atoms with Crippen LogP contribution < -0.4 is 10.6 Å². The van der Waals surface area contributed by atoms with Gasteiger partial charge >= 0.3 is 0 Å². The van der Waals surface area contributed by atoms with E-state index in [-0.39, 0.29) is 28.7 Å². The van der Waals surface area contributed by atoms with Crippen LogP contribution >= 0.6 is 35.7 Å². The second-order valence-corrected chi connectivity index (χ2v) is 7.99. The molecule has 0 heterocycles. The molecule has 2 N–H and O–H groups in total. The largest absolute Gasteiger partial charge is 0.355 e. The molecule has 0 saturated heterocycles. The average molecular weight is 478 g/mol. The number of hydrogen-bond donors (Lipinski definition) is 2. The maximum atomic E-state index is 4.34. The molecule has 0 unspecified atom stereocenters. The monoisotopic (exact) mass is 478 g/mol. The fourth-order valence-corrected chi connectivity index (χ4v) is 2.56. The van der Waals surface area contributed by atoms with Gasteiger partial charge in [-0.25, -0.2) is 0 Å². The Morgan fingerprint density at radius 3 is 2.24 bits per heavy atom. The van der Waals surface area contributed by atoms with Crippen LogP contribution in [0.4, 0.5) is 0 Å². The summed E-state index contributed by atoms with van der Waals surface area (Å²) in [6, 6.07) is 8.65. The molecule has 0 aliphatic heterocycles. The van der Waals surface area contributed by atoms with Gasteiger partial charge in [-0.05, 0) is 44.3 Å². The number of guanidine groups is 1. The van der Waals surface area contributed by atoms with Crippen molar-refractivity contribution in [2.75, 3.05) is 32.9 Å². The van der Waals surface area contributed by atoms with E-state index in [1.807, 2.05) is 18.8 Å². The maximum absolute atomic E-state index is 4.34. The highest BCUT2D eigenvalue weighted by Gasteiger charge is 2.16. The second-order valence-electron chi connectivity index (χ2n) is 6.47. The minimum atomic E-state index is 0. The average Bonchev–Trinajstić information content (AvgIpc) is 2.60. The summed E-state index contributed by atoms with van der Waals surface area (Å²) < 4.78 is 0.193. The number of aliphatic imine (C=N–C) groups is 1. The first-order chi connectivity index (χ1) is 11.5. The van der Waals surface area contributed by atoms with Crippen molar-refractivity contribution in [3.63, 3.8) is 0 Å². The van der Waals surface area contributed by atoms with E-state index < -0.39 is 0 Å². The first kappa shape index (κ1) is 24.5. The Bertz CT molecular complexity index is 516. The quantitative estimate of drug-likeness (QED) is 0.320. The highest BCUT2D eigenvalue weighted by atomic mass is 127. The summed E-state index contributed by atoms with van der Waals surface area (Å²) in [4.78, 5) is 6.78. The van der Waals surface area contributed by atoms with Crippen LogP contribution in [0.25, 0.3) is 0 Å². The molecule has 0 aromatic heterocycles. The van der Waals surface area contributed by atoms with Gasteiger partial charge in [0.15, 0.2) is 5.96 Å². The molecule has 4 nitrogen and oxygen atoms in total. The summed E-state index contributed by atoms with van der Waals surface area (Å²) in [7, 11) is 1.82. The molecule has 1 aromatic rings. The normalized spacial score (nSPS) is 12.0. The van der Waals surface area contributed by atoms with E-state index in [0.29, 0.717) is 0 Å². The van der Waals surface area contributed by atoms with E-state index in [0.717, 1.165) is 38.7 Å². The Balaban J connectivity index is 0.00000576. The molecule has 0 saturated carbocycles. The lowest BCUT2D eigenvalue weighted by Crippen LogP contribution is -2.43. The van der Waals surface area contributed by atoms with Gasteiger partial charge in [-0.2, -0.15) is 11.8 Å². The number of nitrogens with zero attached hydrogens (tertiary/aromatic N) is 2. The van der Waals surface area contributed by atoms with Crippen molar-refractivity contribution in [1.82, 2.24) is 15.5 Å². The molecule has 1 aromatic carbocycles. The fourth-order valence-electron chi connectivity index (χ4n) is 2.34. The summed E-state index contributed by atoms with van der Waals surface area (Å²) in [5.41, 5.74) is 2.71. The third-order valence-electron chi connectivity index (χ3n) is 4.31. The van der Waals surface area contributed by atoms with Gasteiger partial charge in [0, 0.05) is 31.4 Å². The van der Waals surface area contributed by atoms with Crippen LogP contribution in [0.1, 0.15) is 38.8 Å². The number of rotatable bonds is 9. The molecule has 0 bridgehead atoms. The van der Waals surface area contributed by atoms with Gasteiger partial charge in [0.25, 0.3) is 0 Å². The first-order valence-electron chi connectivity index (χ1n) is 8.74. The zero-order chi connectivity index (χ0) is 18.0. The van der Waals surface area contributed by atoms with Crippen LogP contribution in [-0.4, -0.2) is 48.5 Å². The molecule has 0 fully saturated rings. The predicted molar refractivity (Wildman–Crippen MR) is 124 cm³/mol. The van der Waals surface area contributed by atoms with E-state index in [4.69, 9.17) is 0 Å². The molecule has 6 heteroatoms. The Kier molecular flexibility index (Phi) is 12.6. The molecule has 144 valence electrons. The predicted octanol–water partition coefficient (Wildman–Crippen LogP) is 3.95. The third-order valence-corrected chi connectivity index (χ3v) is 5.56. The molecule has 0 aliphatic carbocycles. The molecule has 0 spiro atoms. The molecular formula is C19H35IN4S. The summed E-state index contributed by atoms with van der Waals surface area (Å²) >= 11 is 1.86. The van der Waals surface area contributed by atoms with Gasteiger partial charge in [0.05, 0.1) is 0 Å². The van der Waals surface area contributed by atoms with E-state index in [1.165, 1.54) is 11.1 Å². The Morgan fingerprint density at radius 2 is 1.72 bits per heavy atom. The van der Waals surface area contributed by atoms with Crippen LogP contribution in [-0.2, 0) is 13.1 Å². The van der Waals surface area contributed by atoms with Gasteiger partial charge in [0.1, 0.15) is 0 Å². The van der Waals surface area contributed by atoms with E-state index >= 15 is 0 Å². The molecular weight excluding hydrogens is 443 g/mol. The Morgan fingerprint density at radius 1 is 1.12 bits per heavy atom. The van der Waals surface area contributed by atoms with E-state index in [9.17, 15) is 0 Å². The summed E-state index contributed by atoms with van der Waals surface area (Å²) in [6.07, 6.45) is 2.14. The topological polar surface area (TPSA) is 39.7 Å². The van der Waals surface area contributed by atoms with Crippen molar-refractivity contribution >= 4 is 41.7 Å². The van der Waals surface area contributed by atoms with Crippen LogP contribution in [0, 0.1) is 0 Å². The zero-order valence-corrected chi connectivity index (χ0v) is 19.7. The number of hydrogen-bond acceptors (Lipinski definition) is 3. The lowest BCUT2D eigenvalue weighted by molar-refractivity contribution is 0.295. The van der Waals surface area contributed by atoms with Gasteiger partial charge < -0.3 is 10.6 Å². The molecule has 25 heavy (non-hydrogen) atoms. The van der Waals surface area contributed by atoms with Crippen LogP contribution in [0.15, 0.2) is 29.3 Å². The van der Waals surface area contributed by atoms with Crippen LogP contribution in [0.2, 0.25) is 0 Å². The summed E-state index contributed by atoms with van der Waals surface area (Å²) in [5.74, 6) is 0.856. The third kappa shape index (κ3) is 9.15. The van der Waals surface area contributed by atoms with Crippen molar-refractivity contribution in [2.45, 2.75) is 45.5 Å². The molecule has 0 aliphatic rings. The van der Waals surface area contributed by atoms with Crippen molar-refractivity contribution in [3.8, 4) is 0 Å². The summed E-state index contributed by atoms with van der Waals surface area (Å²) in [5, 5.41) is 6.86. The Hall–Kier alpha value is -0.470. The lowest BCUT2D eigenvalue weighted by Gasteiger charge is -2.24. The van der Waals surface area contributed by atoms with Crippen molar-refractivity contribution in [2.24, 2.45) is 4.99 Å².